The molecule has 0 bridgehead atoms. The second-order valence-corrected chi connectivity index (χ2v) is 39.6. The molecule has 2 fully saturated rings. The number of allylic oxidation sites excluding steroid dienone is 4. The van der Waals surface area contributed by atoms with Crippen LogP contribution in [-0.2, 0) is 76.5 Å². The monoisotopic (exact) mass is 1660 g/mol. The van der Waals surface area contributed by atoms with Gasteiger partial charge in [-0.2, -0.15) is 0 Å². The van der Waals surface area contributed by atoms with E-state index in [1.165, 1.54) is 6.08 Å². The molecular formula is C96H177N5O16. The summed E-state index contributed by atoms with van der Waals surface area (Å²) < 4.78 is 14.3. The van der Waals surface area contributed by atoms with Crippen molar-refractivity contribution in [3.05, 3.63) is 36.5 Å². The van der Waals surface area contributed by atoms with Crippen LogP contribution in [0.25, 0.3) is 0 Å². The van der Waals surface area contributed by atoms with Gasteiger partial charge >= 0.3 is 5.97 Å². The van der Waals surface area contributed by atoms with Crippen LogP contribution in [0.3, 0.4) is 0 Å². The molecule has 2 heterocycles. The fourth-order valence-corrected chi connectivity index (χ4v) is 6.03. The van der Waals surface area contributed by atoms with Gasteiger partial charge in [0.1, 0.15) is 17.7 Å². The average molecular weight is 1660 g/mol. The first-order chi connectivity index (χ1) is 51.0. The fraction of sp³-hybridized carbons (Fsp3) is 0.740. The molecule has 4 N–H and O–H groups in total. The van der Waals surface area contributed by atoms with Gasteiger partial charge < -0.3 is 40.4 Å². The van der Waals surface area contributed by atoms with E-state index in [0.29, 0.717) is 57.1 Å². The molecule has 117 heavy (non-hydrogen) atoms. The first kappa shape index (κ1) is 136. The van der Waals surface area contributed by atoms with Crippen LogP contribution in [0.4, 0.5) is 0 Å². The summed E-state index contributed by atoms with van der Waals surface area (Å²) in [5.74, 6) is 9.85. The number of carbonyl (C=O) groups is 13. The smallest absolute Gasteiger partial charge is 0.330 e. The van der Waals surface area contributed by atoms with Crippen LogP contribution in [0, 0.1) is 79.8 Å². The third-order valence-corrected chi connectivity index (χ3v) is 13.1. The molecule has 21 heteroatoms. The van der Waals surface area contributed by atoms with Crippen molar-refractivity contribution in [2.45, 2.75) is 385 Å². The van der Waals surface area contributed by atoms with Crippen LogP contribution in [-0.4, -0.2) is 156 Å². The normalized spacial score (nSPS) is 13.3. The number of rotatable bonds is 14. The molecule has 0 spiro atoms. The summed E-state index contributed by atoms with van der Waals surface area (Å²) in [7, 11) is 3.96. The zero-order valence-corrected chi connectivity index (χ0v) is 81.3. The molecule has 0 aromatic heterocycles. The third kappa shape index (κ3) is 105. The Bertz CT molecular complexity index is 3100. The van der Waals surface area contributed by atoms with Gasteiger partial charge in [-0.15, -0.1) is 12.8 Å². The first-order valence-corrected chi connectivity index (χ1v) is 40.1. The zero-order valence-electron chi connectivity index (χ0n) is 81.3. The molecule has 2 aliphatic rings. The van der Waals surface area contributed by atoms with Crippen molar-refractivity contribution in [3.63, 3.8) is 0 Å². The maximum absolute atomic E-state index is 11.3. The van der Waals surface area contributed by atoms with Crippen LogP contribution >= 0.6 is 0 Å². The Labute approximate surface area is 717 Å². The van der Waals surface area contributed by atoms with Gasteiger partial charge in [-0.1, -0.05) is 241 Å². The second-order valence-electron chi connectivity index (χ2n) is 39.6. The van der Waals surface area contributed by atoms with E-state index in [-0.39, 0.29) is 145 Å². The lowest BCUT2D eigenvalue weighted by molar-refractivity contribution is -0.137. The SMILES string of the molecule is C.C.C#CC(=O)C(C)(C)C.C#CC(=O)NC(C)(C)C.CC(C)(C)C(=O)C1CO1.CC(C)(C)NC(=O)C1CO1.CC/C=C/C(=O)C(C)(C)C.CCC#CC(=O)C(C)(C)C.CCC(=O)C(C)(C)C.CCC(=O)C(C)(C)C.CCC(=O)NC(C)(C)C.CCC(=O)NC(C)(C)C.CCOC(=O)/C=C/C(=O)C(C)(C)C.CN(C)C/C=C/C(=O)C(C)(C)C. The molecule has 0 radical (unpaired) electrons. The predicted molar refractivity (Wildman–Crippen MR) is 490 cm³/mol. The number of hydrogen-bond donors (Lipinski definition) is 4. The van der Waals surface area contributed by atoms with Crippen molar-refractivity contribution in [2.24, 2.45) is 43.3 Å². The van der Waals surface area contributed by atoms with Gasteiger partial charge in [0.05, 0.1) is 19.8 Å². The summed E-state index contributed by atoms with van der Waals surface area (Å²) >= 11 is 0. The third-order valence-electron chi connectivity index (χ3n) is 13.1. The summed E-state index contributed by atoms with van der Waals surface area (Å²) in [6.07, 6.45) is 23.1. The van der Waals surface area contributed by atoms with E-state index < -0.39 is 11.4 Å². The van der Waals surface area contributed by atoms with Gasteiger partial charge in [0.25, 0.3) is 11.8 Å². The van der Waals surface area contributed by atoms with Crippen molar-refractivity contribution < 1.29 is 76.5 Å². The molecule has 0 aromatic rings. The average Bonchev–Trinajstić information content (AvgIpc) is 1.69. The second kappa shape index (κ2) is 64.4. The maximum Gasteiger partial charge on any atom is 0.330 e. The fourth-order valence-electron chi connectivity index (χ4n) is 6.03. The highest BCUT2D eigenvalue weighted by molar-refractivity contribution is 6.00. The van der Waals surface area contributed by atoms with Crippen LogP contribution in [0.5, 0.6) is 0 Å². The van der Waals surface area contributed by atoms with Crippen LogP contribution in [0.15, 0.2) is 36.5 Å². The number of amides is 4. The molecule has 0 saturated carbocycles. The lowest BCUT2D eigenvalue weighted by atomic mass is 9.89. The van der Waals surface area contributed by atoms with E-state index in [1.54, 1.807) is 60.6 Å². The summed E-state index contributed by atoms with van der Waals surface area (Å²) in [6.45, 7) is 84.2. The summed E-state index contributed by atoms with van der Waals surface area (Å²) in [4.78, 5) is 144. The van der Waals surface area contributed by atoms with E-state index in [2.05, 4.69) is 43.8 Å². The largest absolute Gasteiger partial charge is 0.463 e. The number of terminal acetylenes is 2. The van der Waals surface area contributed by atoms with Gasteiger partial charge in [-0.05, 0) is 147 Å². The van der Waals surface area contributed by atoms with Crippen LogP contribution in [0.1, 0.15) is 351 Å². The van der Waals surface area contributed by atoms with E-state index in [4.69, 9.17) is 22.3 Å². The number of epoxide rings is 2. The molecule has 21 nitrogen and oxygen atoms in total. The van der Waals surface area contributed by atoms with Crippen LogP contribution < -0.4 is 21.3 Å². The predicted octanol–water partition coefficient (Wildman–Crippen LogP) is 19.0. The summed E-state index contributed by atoms with van der Waals surface area (Å²) in [6, 6.07) is 0. The molecule has 682 valence electrons. The van der Waals surface area contributed by atoms with Gasteiger partial charge in [0.2, 0.25) is 23.4 Å². The van der Waals surface area contributed by atoms with Crippen molar-refractivity contribution in [2.75, 3.05) is 40.5 Å². The molecule has 2 saturated heterocycles. The number of nitrogens with zero attached hydrogens (tertiary/aromatic N) is 1. The van der Waals surface area contributed by atoms with E-state index in [9.17, 15) is 62.3 Å². The van der Waals surface area contributed by atoms with Gasteiger partial charge in [0, 0.05) is 110 Å². The standard InChI is InChI=1S/C10H19NO.C10H16O3.C9H16O.C9H14O.C7H13NO2.2C7H15NO.C7H11NO.C7H12O2.2C7H14O.C7H10O.2CH4/c1-10(2,3)9(12)7-6-8-11(4)5;1-5-13-9(12)7-6-8(11)10(2,3)4;2*1-5-6-7-8(10)9(2,3)4;1-7(2,3)8-6(9)5-4-10-5;3*1-5-6(9)8-7(2,3)4;1-7(2,3)6(8)5-4-9-5;3*1-5-6(8)7(2,3)4;;/h6-7H,8H2,1-5H3;6-7H,5H2,1-4H3;6-7H,5H2,1-4H3;5H2,1-4H3;5H,4H2,1-3H3,(H,8,9);2*5H2,1-4H3,(H,8,9);1H,2-4H3,(H,8,9);5H,4H2,1-3H3;2*5H2,1-4H3;1H,2-4H3;2*1H4/b3*7-6+;;;;;;;;;;;. The number of carbonyl (C=O) groups excluding carboxylic acids is 13. The minimum atomic E-state index is -0.472. The van der Waals surface area contributed by atoms with Gasteiger partial charge in [0.15, 0.2) is 29.2 Å². The highest BCUT2D eigenvalue weighted by Gasteiger charge is 2.38. The minimum Gasteiger partial charge on any atom is -0.463 e. The molecule has 2 unspecified atom stereocenters. The molecule has 4 amide bonds. The number of ketones is 8. The summed E-state index contributed by atoms with van der Waals surface area (Å²) in [5, 5.41) is 11.1. The number of nitrogens with one attached hydrogen (secondary N) is 4. The Morgan fingerprint density at radius 2 is 0.709 bits per heavy atom. The lowest BCUT2D eigenvalue weighted by Gasteiger charge is -2.19. The Kier molecular flexibility index (Phi) is 74.7. The minimum absolute atomic E-state index is 0. The lowest BCUT2D eigenvalue weighted by Crippen LogP contribution is -2.42. The first-order valence-electron chi connectivity index (χ1n) is 40.1. The molecule has 0 aromatic carbocycles. The number of esters is 1. The highest BCUT2D eigenvalue weighted by Crippen LogP contribution is 2.25. The van der Waals surface area contributed by atoms with E-state index >= 15 is 0 Å². The van der Waals surface area contributed by atoms with Crippen LogP contribution in [0.2, 0.25) is 0 Å². The molecule has 0 aliphatic carbocycles. The Balaban J connectivity index is -0.000000103. The topological polar surface area (TPSA) is 308 Å². The summed E-state index contributed by atoms with van der Waals surface area (Å²) in [5.41, 5.74) is -2.56. The quantitative estimate of drug-likeness (QED) is 0.0413. The number of Topliss-reactive ketones (excluding diaryl/α,β-unsaturated/α-hetero) is 5. The van der Waals surface area contributed by atoms with Crippen molar-refractivity contribution >= 4 is 75.9 Å². The number of likely N-dealkylation sites (N-methyl/N-ethyl adjacent to an activating group) is 1. The Hall–Kier alpha value is -7.51. The molecular weight excluding hydrogens is 1480 g/mol. The van der Waals surface area contributed by atoms with Gasteiger partial charge in [-0.25, -0.2) is 4.79 Å². The number of ether oxygens (including phenoxy) is 3. The highest BCUT2D eigenvalue weighted by atomic mass is 16.6. The van der Waals surface area contributed by atoms with Gasteiger partial charge in [-0.3, -0.25) is 57.5 Å². The Morgan fingerprint density at radius 1 is 0.393 bits per heavy atom. The zero-order chi connectivity index (χ0) is 94.3. The van der Waals surface area contributed by atoms with Crippen molar-refractivity contribution in [1.29, 1.82) is 0 Å². The molecule has 2 aliphatic heterocycles. The Morgan fingerprint density at radius 3 is 0.880 bits per heavy atom. The number of hydrogen-bond acceptors (Lipinski definition) is 17. The van der Waals surface area contributed by atoms with Crippen molar-refractivity contribution in [3.8, 4) is 36.5 Å². The molecule has 2 rings (SSSR count). The molecule has 2 atom stereocenters. The van der Waals surface area contributed by atoms with E-state index in [1.807, 2.05) is 286 Å². The van der Waals surface area contributed by atoms with E-state index in [0.717, 1.165) is 25.5 Å². The van der Waals surface area contributed by atoms with Crippen molar-refractivity contribution in [1.82, 2.24) is 26.2 Å². The maximum atomic E-state index is 11.3.